The number of esters is 1. The average molecular weight is 514 g/mol. The Bertz CT molecular complexity index is 774. The lowest BCUT2D eigenvalue weighted by Crippen LogP contribution is -2.15. The molecule has 1 saturated carbocycles. The molecule has 0 amide bonds. The van der Waals surface area contributed by atoms with Gasteiger partial charge >= 0.3 is 5.97 Å². The minimum atomic E-state index is -1.31. The van der Waals surface area contributed by atoms with Gasteiger partial charge in [-0.15, -0.1) is 0 Å². The monoisotopic (exact) mass is 512 g/mol. The van der Waals surface area contributed by atoms with Crippen LogP contribution in [-0.2, 0) is 33.9 Å². The minimum Gasteiger partial charge on any atom is -0.460 e. The smallest absolute Gasteiger partial charge is 0.310 e. The summed E-state index contributed by atoms with van der Waals surface area (Å²) in [6.45, 7) is 4.55. The van der Waals surface area contributed by atoms with Gasteiger partial charge in [0, 0.05) is 12.7 Å². The summed E-state index contributed by atoms with van der Waals surface area (Å²) in [4.78, 5) is 12.4. The van der Waals surface area contributed by atoms with Crippen LogP contribution in [0.15, 0.2) is 9.47 Å². The van der Waals surface area contributed by atoms with Crippen molar-refractivity contribution >= 4 is 37.8 Å². The number of methoxy groups -OCH3 is 1. The normalized spacial score (nSPS) is 20.3. The van der Waals surface area contributed by atoms with Crippen molar-refractivity contribution in [3.63, 3.8) is 0 Å². The molecule has 0 radical (unpaired) electrons. The highest BCUT2D eigenvalue weighted by atomic mass is 79.9. The molecule has 0 unspecified atom stereocenters. The Labute approximate surface area is 173 Å². The third-order valence-corrected chi connectivity index (χ3v) is 5.62. The van der Waals surface area contributed by atoms with Crippen LogP contribution < -0.4 is 0 Å². The summed E-state index contributed by atoms with van der Waals surface area (Å²) in [7, 11) is 1.27. The molecule has 2 rings (SSSR count). The molecule has 8 heteroatoms. The van der Waals surface area contributed by atoms with Gasteiger partial charge in [0.15, 0.2) is 11.6 Å². The van der Waals surface area contributed by atoms with Gasteiger partial charge in [0.1, 0.15) is 12.4 Å². The Kier molecular flexibility index (Phi) is 7.19. The van der Waals surface area contributed by atoms with Gasteiger partial charge in [-0.3, -0.25) is 4.79 Å². The van der Waals surface area contributed by atoms with Crippen LogP contribution in [0.5, 0.6) is 0 Å². The van der Waals surface area contributed by atoms with Crippen molar-refractivity contribution in [2.24, 2.45) is 17.3 Å². The van der Waals surface area contributed by atoms with Crippen LogP contribution in [0.2, 0.25) is 0 Å². The number of rotatable bonds is 7. The molecule has 0 bridgehead atoms. The first kappa shape index (κ1) is 22.4. The van der Waals surface area contributed by atoms with Crippen LogP contribution in [-0.4, -0.2) is 13.1 Å². The van der Waals surface area contributed by atoms with E-state index in [2.05, 4.69) is 31.9 Å². The first-order valence-electron chi connectivity index (χ1n) is 8.43. The van der Waals surface area contributed by atoms with Crippen molar-refractivity contribution in [3.05, 3.63) is 43.6 Å². The molecule has 3 nitrogen and oxygen atoms in total. The van der Waals surface area contributed by atoms with E-state index in [-0.39, 0.29) is 35.5 Å². The SMILES string of the molecule is CCc1c(F)c(COC)c(F)c(F)c1COC(=O)[C@@H]1[C@H](C=C(Br)Br)C1(C)C. The van der Waals surface area contributed by atoms with Gasteiger partial charge in [-0.2, -0.15) is 0 Å². The van der Waals surface area contributed by atoms with Gasteiger partial charge in [0.05, 0.1) is 21.5 Å². The maximum Gasteiger partial charge on any atom is 0.310 e. The Balaban J connectivity index is 2.24. The van der Waals surface area contributed by atoms with Crippen molar-refractivity contribution in [2.45, 2.75) is 40.4 Å². The third kappa shape index (κ3) is 4.43. The Morgan fingerprint density at radius 3 is 2.19 bits per heavy atom. The largest absolute Gasteiger partial charge is 0.460 e. The Morgan fingerprint density at radius 1 is 1.07 bits per heavy atom. The van der Waals surface area contributed by atoms with Gasteiger partial charge in [-0.05, 0) is 55.2 Å². The van der Waals surface area contributed by atoms with E-state index < -0.39 is 41.5 Å². The van der Waals surface area contributed by atoms with Crippen molar-refractivity contribution in [3.8, 4) is 0 Å². The maximum atomic E-state index is 14.5. The standard InChI is InChI=1S/C19H21Br2F3O3/c1-5-9-10(16(23)17(24)11(7-26-4)15(9)22)8-27-18(25)14-12(6-13(20)21)19(14,2)3/h6,12,14H,5,7-8H2,1-4H3/t12-,14-/m0/s1. The summed E-state index contributed by atoms with van der Waals surface area (Å²) in [5.74, 6) is -4.35. The van der Waals surface area contributed by atoms with E-state index in [0.717, 1.165) is 3.39 Å². The number of benzene rings is 1. The number of hydrogen-bond donors (Lipinski definition) is 0. The number of hydrogen-bond acceptors (Lipinski definition) is 3. The van der Waals surface area contributed by atoms with Crippen LogP contribution in [0.25, 0.3) is 0 Å². The van der Waals surface area contributed by atoms with Gasteiger partial charge in [0.25, 0.3) is 0 Å². The van der Waals surface area contributed by atoms with Gasteiger partial charge < -0.3 is 9.47 Å². The zero-order valence-electron chi connectivity index (χ0n) is 15.5. The second-order valence-electron chi connectivity index (χ2n) is 7.05. The summed E-state index contributed by atoms with van der Waals surface area (Å²) >= 11 is 6.53. The minimum absolute atomic E-state index is 0.0107. The molecule has 0 saturated heterocycles. The fraction of sp³-hybridized carbons (Fsp3) is 0.526. The molecule has 0 spiro atoms. The second-order valence-corrected chi connectivity index (χ2v) is 9.83. The molecule has 150 valence electrons. The number of carbonyl (C=O) groups is 1. The van der Waals surface area contributed by atoms with Crippen molar-refractivity contribution in [1.82, 2.24) is 0 Å². The highest BCUT2D eigenvalue weighted by Gasteiger charge is 2.61. The molecular weight excluding hydrogens is 493 g/mol. The molecule has 0 aliphatic heterocycles. The molecule has 0 heterocycles. The quantitative estimate of drug-likeness (QED) is 0.343. The van der Waals surface area contributed by atoms with E-state index >= 15 is 0 Å². The fourth-order valence-corrected chi connectivity index (χ4v) is 3.98. The molecule has 0 aromatic heterocycles. The van der Waals surface area contributed by atoms with Crippen LogP contribution in [0.4, 0.5) is 13.2 Å². The molecule has 1 aliphatic rings. The average Bonchev–Trinajstić information content (AvgIpc) is 3.12. The van der Waals surface area contributed by atoms with Crippen LogP contribution in [0, 0.1) is 34.7 Å². The van der Waals surface area contributed by atoms with E-state index in [4.69, 9.17) is 9.47 Å². The molecule has 1 aromatic rings. The molecule has 0 N–H and O–H groups in total. The van der Waals surface area contributed by atoms with Crippen LogP contribution in [0.1, 0.15) is 37.5 Å². The fourth-order valence-electron chi connectivity index (χ4n) is 3.41. The lowest BCUT2D eigenvalue weighted by Gasteiger charge is -2.15. The predicted octanol–water partition coefficient (Wildman–Crippen LogP) is 5.76. The maximum absolute atomic E-state index is 14.5. The van der Waals surface area contributed by atoms with Crippen molar-refractivity contribution in [2.75, 3.05) is 7.11 Å². The predicted molar refractivity (Wildman–Crippen MR) is 103 cm³/mol. The second kappa shape index (κ2) is 8.66. The molecule has 1 fully saturated rings. The Hall–Kier alpha value is -0.860. The summed E-state index contributed by atoms with van der Waals surface area (Å²) in [5.41, 5.74) is -1.05. The number of halogens is 5. The number of ether oxygens (including phenoxy) is 2. The molecular formula is C19H21Br2F3O3. The summed E-state index contributed by atoms with van der Waals surface area (Å²) in [6, 6.07) is 0. The lowest BCUT2D eigenvalue weighted by atomic mass is 10.00. The molecule has 1 aromatic carbocycles. The first-order valence-corrected chi connectivity index (χ1v) is 10.0. The van der Waals surface area contributed by atoms with Crippen molar-refractivity contribution in [1.29, 1.82) is 0 Å². The summed E-state index contributed by atoms with van der Waals surface area (Å²) in [6.07, 6.45) is 1.98. The van der Waals surface area contributed by atoms with E-state index in [1.165, 1.54) is 7.11 Å². The van der Waals surface area contributed by atoms with E-state index in [1.54, 1.807) is 6.92 Å². The zero-order chi connectivity index (χ0) is 20.5. The summed E-state index contributed by atoms with van der Waals surface area (Å²) in [5, 5.41) is 0. The summed E-state index contributed by atoms with van der Waals surface area (Å²) < 4.78 is 53.9. The first-order chi connectivity index (χ1) is 12.6. The lowest BCUT2D eigenvalue weighted by molar-refractivity contribution is -0.147. The number of allylic oxidation sites excluding steroid dienone is 1. The van der Waals surface area contributed by atoms with Gasteiger partial charge in [-0.25, -0.2) is 13.2 Å². The molecule has 27 heavy (non-hydrogen) atoms. The third-order valence-electron chi connectivity index (χ3n) is 5.09. The van der Waals surface area contributed by atoms with E-state index in [1.807, 2.05) is 19.9 Å². The Morgan fingerprint density at radius 2 is 1.67 bits per heavy atom. The highest BCUT2D eigenvalue weighted by molar-refractivity contribution is 9.28. The molecule has 1 aliphatic carbocycles. The van der Waals surface area contributed by atoms with Crippen LogP contribution in [0.3, 0.4) is 0 Å². The van der Waals surface area contributed by atoms with Gasteiger partial charge in [-0.1, -0.05) is 26.8 Å². The zero-order valence-corrected chi connectivity index (χ0v) is 18.6. The van der Waals surface area contributed by atoms with E-state index in [9.17, 15) is 18.0 Å². The number of carbonyl (C=O) groups excluding carboxylic acids is 1. The highest BCUT2D eigenvalue weighted by Crippen LogP contribution is 2.60. The van der Waals surface area contributed by atoms with Crippen LogP contribution >= 0.6 is 31.9 Å². The van der Waals surface area contributed by atoms with E-state index in [0.29, 0.717) is 0 Å². The topological polar surface area (TPSA) is 35.5 Å². The van der Waals surface area contributed by atoms with Gasteiger partial charge in [0.2, 0.25) is 0 Å². The van der Waals surface area contributed by atoms with Crippen molar-refractivity contribution < 1.29 is 27.4 Å². The molecule has 2 atom stereocenters.